The number of aliphatic hydroxyl groups excluding tert-OH is 1. The number of carbonyl (C=O) groups is 2. The molecular weight excluding hydrogens is 396 g/mol. The number of nitrogens with zero attached hydrogens (tertiary/aromatic N) is 3. The van der Waals surface area contributed by atoms with E-state index in [9.17, 15) is 19.8 Å². The summed E-state index contributed by atoms with van der Waals surface area (Å²) in [4.78, 5) is 30.6. The zero-order chi connectivity index (χ0) is 21.3. The van der Waals surface area contributed by atoms with Crippen molar-refractivity contribution >= 4 is 23.2 Å². The third-order valence-electron chi connectivity index (χ3n) is 6.56. The SMILES string of the molecule is O=C1c2ccccc2C(O)N1Cc1cn2cc(C3CC3)cc(NC3(C(=O)O)CC3)c2n1. The first-order chi connectivity index (χ1) is 14.9. The summed E-state index contributed by atoms with van der Waals surface area (Å²) in [5, 5.41) is 23.5. The van der Waals surface area contributed by atoms with Crippen LogP contribution in [0.5, 0.6) is 0 Å². The number of carbonyl (C=O) groups excluding carboxylic acids is 1. The van der Waals surface area contributed by atoms with Gasteiger partial charge in [-0.2, -0.15) is 0 Å². The normalized spacial score (nSPS) is 21.4. The molecule has 3 aliphatic rings. The highest BCUT2D eigenvalue weighted by atomic mass is 16.4. The third kappa shape index (κ3) is 2.90. The highest BCUT2D eigenvalue weighted by Gasteiger charge is 2.51. The van der Waals surface area contributed by atoms with Gasteiger partial charge in [0.2, 0.25) is 0 Å². The first kappa shape index (κ1) is 18.4. The molecule has 31 heavy (non-hydrogen) atoms. The zero-order valence-corrected chi connectivity index (χ0v) is 16.8. The van der Waals surface area contributed by atoms with Crippen LogP contribution in [0.25, 0.3) is 5.65 Å². The number of aliphatic hydroxyl groups is 1. The molecule has 158 valence electrons. The van der Waals surface area contributed by atoms with E-state index in [0.29, 0.717) is 46.9 Å². The topological polar surface area (TPSA) is 107 Å². The van der Waals surface area contributed by atoms with E-state index in [-0.39, 0.29) is 12.5 Å². The average molecular weight is 418 g/mol. The van der Waals surface area contributed by atoms with Crippen LogP contribution in [0.4, 0.5) is 5.69 Å². The molecule has 1 aromatic carbocycles. The molecule has 0 bridgehead atoms. The number of anilines is 1. The Labute approximate surface area is 178 Å². The number of hydrogen-bond acceptors (Lipinski definition) is 5. The van der Waals surface area contributed by atoms with Crippen LogP contribution in [0.1, 0.15) is 65.0 Å². The van der Waals surface area contributed by atoms with Crippen molar-refractivity contribution in [3.05, 3.63) is 65.1 Å². The highest BCUT2D eigenvalue weighted by Crippen LogP contribution is 2.44. The Bertz CT molecular complexity index is 1240. The lowest BCUT2D eigenvalue weighted by Crippen LogP contribution is -2.31. The number of imidazole rings is 1. The number of carboxylic acids is 1. The van der Waals surface area contributed by atoms with Gasteiger partial charge in [0.05, 0.1) is 17.9 Å². The number of hydrogen-bond donors (Lipinski definition) is 3. The van der Waals surface area contributed by atoms with Crippen molar-refractivity contribution in [3.8, 4) is 0 Å². The molecule has 0 radical (unpaired) electrons. The summed E-state index contributed by atoms with van der Waals surface area (Å²) in [6.45, 7) is 0.165. The van der Waals surface area contributed by atoms with Crippen LogP contribution in [0.3, 0.4) is 0 Å². The molecule has 1 unspecified atom stereocenters. The number of nitrogens with one attached hydrogen (secondary N) is 1. The minimum absolute atomic E-state index is 0.165. The zero-order valence-electron chi connectivity index (χ0n) is 16.8. The number of pyridine rings is 1. The molecule has 2 saturated carbocycles. The second-order valence-corrected chi connectivity index (χ2v) is 8.83. The summed E-state index contributed by atoms with van der Waals surface area (Å²) < 4.78 is 1.91. The molecule has 2 fully saturated rings. The van der Waals surface area contributed by atoms with E-state index >= 15 is 0 Å². The number of carboxylic acid groups (broad SMARTS) is 1. The molecule has 3 N–H and O–H groups in total. The second kappa shape index (κ2) is 6.31. The molecule has 0 spiro atoms. The maximum absolute atomic E-state index is 12.8. The quantitative estimate of drug-likeness (QED) is 0.568. The molecular formula is C23H22N4O4. The number of benzene rings is 1. The van der Waals surface area contributed by atoms with Crippen molar-refractivity contribution in [1.82, 2.24) is 14.3 Å². The van der Waals surface area contributed by atoms with Crippen LogP contribution in [-0.2, 0) is 11.3 Å². The fourth-order valence-corrected chi connectivity index (χ4v) is 4.44. The van der Waals surface area contributed by atoms with Crippen LogP contribution in [0.2, 0.25) is 0 Å². The molecule has 0 saturated heterocycles. The Kier molecular flexibility index (Phi) is 3.74. The predicted molar refractivity (Wildman–Crippen MR) is 112 cm³/mol. The molecule has 6 rings (SSSR count). The molecule has 3 aromatic rings. The lowest BCUT2D eigenvalue weighted by molar-refractivity contribution is -0.138. The van der Waals surface area contributed by atoms with Crippen molar-refractivity contribution in [2.75, 3.05) is 5.32 Å². The monoisotopic (exact) mass is 418 g/mol. The molecule has 3 heterocycles. The average Bonchev–Trinajstić information content (AvgIpc) is 3.68. The third-order valence-corrected chi connectivity index (χ3v) is 6.56. The van der Waals surface area contributed by atoms with Gasteiger partial charge in [-0.3, -0.25) is 4.79 Å². The van der Waals surface area contributed by atoms with Crippen LogP contribution in [0.15, 0.2) is 42.7 Å². The van der Waals surface area contributed by atoms with Crippen molar-refractivity contribution < 1.29 is 19.8 Å². The predicted octanol–water partition coefficient (Wildman–Crippen LogP) is 2.89. The summed E-state index contributed by atoms with van der Waals surface area (Å²) in [6, 6.07) is 9.07. The van der Waals surface area contributed by atoms with Gasteiger partial charge in [0.1, 0.15) is 5.54 Å². The Hall–Kier alpha value is -3.39. The van der Waals surface area contributed by atoms with E-state index in [2.05, 4.69) is 5.32 Å². The highest BCUT2D eigenvalue weighted by molar-refractivity contribution is 5.98. The van der Waals surface area contributed by atoms with Gasteiger partial charge in [-0.25, -0.2) is 9.78 Å². The van der Waals surface area contributed by atoms with Crippen LogP contribution in [-0.4, -0.2) is 41.9 Å². The molecule has 2 aromatic heterocycles. The first-order valence-electron chi connectivity index (χ1n) is 10.6. The van der Waals surface area contributed by atoms with E-state index in [4.69, 9.17) is 4.98 Å². The Morgan fingerprint density at radius 3 is 2.68 bits per heavy atom. The largest absolute Gasteiger partial charge is 0.480 e. The summed E-state index contributed by atoms with van der Waals surface area (Å²) in [5.41, 5.74) is 3.32. The summed E-state index contributed by atoms with van der Waals surface area (Å²) >= 11 is 0. The number of aromatic nitrogens is 2. The number of rotatable bonds is 6. The first-order valence-corrected chi connectivity index (χ1v) is 10.6. The van der Waals surface area contributed by atoms with E-state index in [0.717, 1.165) is 18.4 Å². The molecule has 8 nitrogen and oxygen atoms in total. The van der Waals surface area contributed by atoms with Gasteiger partial charge >= 0.3 is 5.97 Å². The second-order valence-electron chi connectivity index (χ2n) is 8.83. The van der Waals surface area contributed by atoms with Gasteiger partial charge in [-0.1, -0.05) is 18.2 Å². The number of aliphatic carboxylic acids is 1. The molecule has 1 aliphatic heterocycles. The van der Waals surface area contributed by atoms with E-state index in [1.807, 2.05) is 22.9 Å². The maximum Gasteiger partial charge on any atom is 0.329 e. The van der Waals surface area contributed by atoms with Crippen molar-refractivity contribution in [2.45, 2.75) is 49.9 Å². The lowest BCUT2D eigenvalue weighted by atomic mass is 10.1. The summed E-state index contributed by atoms with van der Waals surface area (Å²) in [7, 11) is 0. The van der Waals surface area contributed by atoms with Gasteiger partial charge in [0.15, 0.2) is 11.9 Å². The number of fused-ring (bicyclic) bond motifs is 2. The van der Waals surface area contributed by atoms with Gasteiger partial charge < -0.3 is 24.8 Å². The molecule has 1 atom stereocenters. The van der Waals surface area contributed by atoms with Crippen LogP contribution in [0, 0.1) is 0 Å². The van der Waals surface area contributed by atoms with E-state index in [1.54, 1.807) is 24.3 Å². The van der Waals surface area contributed by atoms with Gasteiger partial charge in [0, 0.05) is 23.5 Å². The fourth-order valence-electron chi connectivity index (χ4n) is 4.44. The van der Waals surface area contributed by atoms with Crippen molar-refractivity contribution in [1.29, 1.82) is 0 Å². The Balaban J connectivity index is 1.36. The molecule has 2 aliphatic carbocycles. The minimum atomic E-state index is -1.00. The molecule has 1 amide bonds. The van der Waals surface area contributed by atoms with Crippen LogP contribution >= 0.6 is 0 Å². The van der Waals surface area contributed by atoms with E-state index in [1.165, 1.54) is 4.90 Å². The Morgan fingerprint density at radius 1 is 1.23 bits per heavy atom. The fraction of sp³-hybridized carbons (Fsp3) is 0.348. The smallest absolute Gasteiger partial charge is 0.329 e. The van der Waals surface area contributed by atoms with Crippen molar-refractivity contribution in [3.63, 3.8) is 0 Å². The standard InChI is InChI=1S/C23H22N4O4/c28-20-16-3-1-2-4-17(16)21(29)27(20)12-15-11-26-10-14(13-5-6-13)9-18(19(26)24-15)25-23(7-8-23)22(30)31/h1-4,9-11,13,20,25,28H,5-8,12H2,(H,30,31). The van der Waals surface area contributed by atoms with Crippen LogP contribution < -0.4 is 5.32 Å². The van der Waals surface area contributed by atoms with Gasteiger partial charge in [0.25, 0.3) is 5.91 Å². The van der Waals surface area contributed by atoms with Gasteiger partial charge in [-0.15, -0.1) is 0 Å². The molecule has 8 heteroatoms. The number of amides is 1. The summed E-state index contributed by atoms with van der Waals surface area (Å²) in [5.74, 6) is -0.579. The summed E-state index contributed by atoms with van der Waals surface area (Å²) in [6.07, 6.45) is 6.31. The van der Waals surface area contributed by atoms with Gasteiger partial charge in [-0.05, 0) is 49.3 Å². The Morgan fingerprint density at radius 2 is 2.00 bits per heavy atom. The lowest BCUT2D eigenvalue weighted by Gasteiger charge is -2.19. The maximum atomic E-state index is 12.8. The minimum Gasteiger partial charge on any atom is -0.480 e. The van der Waals surface area contributed by atoms with E-state index < -0.39 is 17.7 Å². The van der Waals surface area contributed by atoms with Crippen molar-refractivity contribution in [2.24, 2.45) is 0 Å².